The van der Waals surface area contributed by atoms with Crippen LogP contribution in [0.3, 0.4) is 0 Å². The lowest BCUT2D eigenvalue weighted by Gasteiger charge is -2.30. The van der Waals surface area contributed by atoms with Crippen molar-refractivity contribution in [1.82, 2.24) is 24.7 Å². The number of hydrogen-bond donors (Lipinski definition) is 1. The summed E-state index contributed by atoms with van der Waals surface area (Å²) in [6.07, 6.45) is 2.33. The van der Waals surface area contributed by atoms with Gasteiger partial charge in [-0.1, -0.05) is 5.16 Å². The van der Waals surface area contributed by atoms with Gasteiger partial charge in [0.2, 0.25) is 5.89 Å². The largest absolute Gasteiger partial charge is 0.339 e. The van der Waals surface area contributed by atoms with Gasteiger partial charge in [-0.25, -0.2) is 8.42 Å². The summed E-state index contributed by atoms with van der Waals surface area (Å²) < 4.78 is 32.6. The maximum Gasteiger partial charge on any atom is 0.252 e. The van der Waals surface area contributed by atoms with Crippen molar-refractivity contribution in [2.75, 3.05) is 39.8 Å². The van der Waals surface area contributed by atoms with Crippen molar-refractivity contribution in [2.45, 2.75) is 29.5 Å². The van der Waals surface area contributed by atoms with Crippen molar-refractivity contribution in [3.05, 3.63) is 28.7 Å². The van der Waals surface area contributed by atoms with E-state index < -0.39 is 10.0 Å². The molecule has 8 nitrogen and oxygen atoms in total. The first-order valence-electron chi connectivity index (χ1n) is 8.86. The number of piperazine rings is 1. The van der Waals surface area contributed by atoms with E-state index in [9.17, 15) is 8.42 Å². The van der Waals surface area contributed by atoms with Gasteiger partial charge in [0.05, 0.1) is 12.5 Å². The van der Waals surface area contributed by atoms with Gasteiger partial charge in [-0.3, -0.25) is 4.90 Å². The van der Waals surface area contributed by atoms with Gasteiger partial charge in [0.15, 0.2) is 5.82 Å². The van der Waals surface area contributed by atoms with Crippen LogP contribution in [0.1, 0.15) is 35.5 Å². The Hall–Kier alpha value is -1.33. The average molecular weight is 398 g/mol. The molecule has 4 heterocycles. The van der Waals surface area contributed by atoms with Crippen LogP contribution in [0.5, 0.6) is 0 Å². The fourth-order valence-electron chi connectivity index (χ4n) is 3.37. The highest BCUT2D eigenvalue weighted by Gasteiger charge is 2.29. The van der Waals surface area contributed by atoms with Crippen LogP contribution in [0, 0.1) is 0 Å². The summed E-state index contributed by atoms with van der Waals surface area (Å²) in [5.41, 5.74) is 0. The highest BCUT2D eigenvalue weighted by atomic mass is 32.2. The first-order chi connectivity index (χ1) is 12.5. The molecule has 10 heteroatoms. The molecule has 4 rings (SSSR count). The van der Waals surface area contributed by atoms with E-state index in [4.69, 9.17) is 4.52 Å². The number of hydrogen-bond acceptors (Lipinski definition) is 8. The van der Waals surface area contributed by atoms with Crippen LogP contribution in [0.15, 0.2) is 20.9 Å². The molecule has 0 bridgehead atoms. The van der Waals surface area contributed by atoms with E-state index in [1.165, 1.54) is 11.3 Å². The second-order valence-corrected chi connectivity index (χ2v) is 10.1. The van der Waals surface area contributed by atoms with Gasteiger partial charge < -0.3 is 9.84 Å². The van der Waals surface area contributed by atoms with Gasteiger partial charge >= 0.3 is 0 Å². The minimum absolute atomic E-state index is 0.107. The molecule has 0 saturated carbocycles. The Labute approximate surface area is 157 Å². The summed E-state index contributed by atoms with van der Waals surface area (Å²) in [5.74, 6) is 1.20. The number of nitrogens with one attached hydrogen (secondary N) is 1. The SMILES string of the molecule is CN1CCNCC1c1noc(Cc2ccc(S(=O)(=O)N3CCCC3)s2)n1. The summed E-state index contributed by atoms with van der Waals surface area (Å²) in [4.78, 5) is 7.63. The molecule has 1 atom stereocenters. The highest BCUT2D eigenvalue weighted by Crippen LogP contribution is 2.28. The minimum atomic E-state index is -3.36. The topological polar surface area (TPSA) is 91.6 Å². The third kappa shape index (κ3) is 3.56. The summed E-state index contributed by atoms with van der Waals surface area (Å²) in [7, 11) is -1.31. The lowest BCUT2D eigenvalue weighted by atomic mass is 10.2. The van der Waals surface area contributed by atoms with Gasteiger partial charge in [0.25, 0.3) is 10.0 Å². The summed E-state index contributed by atoms with van der Waals surface area (Å²) >= 11 is 1.29. The molecule has 2 aromatic heterocycles. The maximum absolute atomic E-state index is 12.6. The second-order valence-electron chi connectivity index (χ2n) is 6.76. The smallest absolute Gasteiger partial charge is 0.252 e. The number of likely N-dealkylation sites (N-methyl/N-ethyl adjacent to an activating group) is 1. The molecule has 1 unspecified atom stereocenters. The van der Waals surface area contributed by atoms with E-state index in [0.29, 0.717) is 35.4 Å². The molecular formula is C16H23N5O3S2. The Kier molecular flexibility index (Phi) is 5.11. The molecule has 0 radical (unpaired) electrons. The summed E-state index contributed by atoms with van der Waals surface area (Å²) in [6.45, 7) is 3.93. The lowest BCUT2D eigenvalue weighted by molar-refractivity contribution is 0.190. The van der Waals surface area contributed by atoms with E-state index in [1.807, 2.05) is 6.07 Å². The molecule has 2 aromatic rings. The number of nitrogens with zero attached hydrogens (tertiary/aromatic N) is 4. The van der Waals surface area contributed by atoms with E-state index in [1.54, 1.807) is 10.4 Å². The van der Waals surface area contributed by atoms with Crippen molar-refractivity contribution in [3.63, 3.8) is 0 Å². The van der Waals surface area contributed by atoms with Gasteiger partial charge in [-0.15, -0.1) is 11.3 Å². The van der Waals surface area contributed by atoms with Crippen LogP contribution in [0.2, 0.25) is 0 Å². The molecule has 0 aromatic carbocycles. The maximum atomic E-state index is 12.6. The Morgan fingerprint density at radius 1 is 1.31 bits per heavy atom. The zero-order chi connectivity index (χ0) is 18.1. The Bertz CT molecular complexity index is 857. The third-order valence-electron chi connectivity index (χ3n) is 4.91. The van der Waals surface area contributed by atoms with E-state index in [0.717, 1.165) is 37.4 Å². The van der Waals surface area contributed by atoms with Crippen LogP contribution < -0.4 is 5.32 Å². The van der Waals surface area contributed by atoms with Gasteiger partial charge in [0.1, 0.15) is 4.21 Å². The van der Waals surface area contributed by atoms with Crippen molar-refractivity contribution in [3.8, 4) is 0 Å². The van der Waals surface area contributed by atoms with Crippen molar-refractivity contribution in [2.24, 2.45) is 0 Å². The van der Waals surface area contributed by atoms with Gasteiger partial charge in [-0.2, -0.15) is 9.29 Å². The van der Waals surface area contributed by atoms with Crippen LogP contribution in [-0.4, -0.2) is 67.5 Å². The Balaban J connectivity index is 1.46. The quantitative estimate of drug-likeness (QED) is 0.807. The number of aromatic nitrogens is 2. The van der Waals surface area contributed by atoms with Gasteiger partial charge in [0, 0.05) is 37.6 Å². The zero-order valence-corrected chi connectivity index (χ0v) is 16.4. The molecule has 142 valence electrons. The van der Waals surface area contributed by atoms with Crippen LogP contribution in [0.4, 0.5) is 0 Å². The minimum Gasteiger partial charge on any atom is -0.339 e. The molecule has 0 aliphatic carbocycles. The van der Waals surface area contributed by atoms with E-state index >= 15 is 0 Å². The number of thiophene rings is 1. The molecule has 26 heavy (non-hydrogen) atoms. The highest BCUT2D eigenvalue weighted by molar-refractivity contribution is 7.91. The molecule has 0 amide bonds. The third-order valence-corrected chi connectivity index (χ3v) is 8.37. The Morgan fingerprint density at radius 3 is 2.88 bits per heavy atom. The molecule has 1 N–H and O–H groups in total. The van der Waals surface area contributed by atoms with Gasteiger partial charge in [-0.05, 0) is 32.0 Å². The molecular weight excluding hydrogens is 374 g/mol. The Morgan fingerprint density at radius 2 is 2.12 bits per heavy atom. The van der Waals surface area contributed by atoms with Crippen LogP contribution in [-0.2, 0) is 16.4 Å². The standard InChI is InChI=1S/C16H23N5O3S2/c1-20-9-6-17-11-13(20)16-18-14(24-19-16)10-12-4-5-15(25-12)26(22,23)21-7-2-3-8-21/h4-5,13,17H,2-3,6-11H2,1H3. The van der Waals surface area contributed by atoms with Crippen molar-refractivity contribution >= 4 is 21.4 Å². The van der Waals surface area contributed by atoms with Crippen LogP contribution >= 0.6 is 11.3 Å². The second kappa shape index (κ2) is 7.35. The molecule has 2 aliphatic heterocycles. The van der Waals surface area contributed by atoms with Crippen LogP contribution in [0.25, 0.3) is 0 Å². The lowest BCUT2D eigenvalue weighted by Crippen LogP contribution is -2.44. The summed E-state index contributed by atoms with van der Waals surface area (Å²) in [6, 6.07) is 3.63. The zero-order valence-electron chi connectivity index (χ0n) is 14.7. The molecule has 2 saturated heterocycles. The molecule has 0 spiro atoms. The summed E-state index contributed by atoms with van der Waals surface area (Å²) in [5, 5.41) is 7.45. The van der Waals surface area contributed by atoms with E-state index in [2.05, 4.69) is 27.4 Å². The normalized spacial score (nSPS) is 22.9. The average Bonchev–Trinajstić information content (AvgIpc) is 3.38. The predicted octanol–water partition coefficient (Wildman–Crippen LogP) is 1.08. The fourth-order valence-corrected chi connectivity index (χ4v) is 6.38. The molecule has 2 fully saturated rings. The van der Waals surface area contributed by atoms with Crippen molar-refractivity contribution < 1.29 is 12.9 Å². The monoisotopic (exact) mass is 397 g/mol. The number of rotatable bonds is 5. The first kappa shape index (κ1) is 18.1. The predicted molar refractivity (Wildman–Crippen MR) is 97.7 cm³/mol. The first-order valence-corrected chi connectivity index (χ1v) is 11.1. The molecule has 2 aliphatic rings. The fraction of sp³-hybridized carbons (Fsp3) is 0.625. The number of sulfonamides is 1. The van der Waals surface area contributed by atoms with Crippen molar-refractivity contribution in [1.29, 1.82) is 0 Å². The van der Waals surface area contributed by atoms with E-state index in [-0.39, 0.29) is 6.04 Å².